The number of hydrogen-bond acceptors (Lipinski definition) is 3. The van der Waals surface area contributed by atoms with Crippen molar-refractivity contribution in [1.82, 2.24) is 9.97 Å². The first kappa shape index (κ1) is 7.28. The Morgan fingerprint density at radius 3 is 2.90 bits per heavy atom. The highest BCUT2D eigenvalue weighted by atomic mass is 35.5. The van der Waals surface area contributed by atoms with Gasteiger partial charge in [-0.1, -0.05) is 0 Å². The number of halogens is 1. The van der Waals surface area contributed by atoms with Crippen molar-refractivity contribution < 1.29 is 0 Å². The van der Waals surface area contributed by atoms with E-state index in [1.165, 1.54) is 0 Å². The van der Waals surface area contributed by atoms with Gasteiger partial charge in [0, 0.05) is 6.20 Å². The quantitative estimate of drug-likeness (QED) is 0.622. The fourth-order valence-corrected chi connectivity index (χ4v) is 0.830. The van der Waals surface area contributed by atoms with Crippen LogP contribution in [-0.2, 0) is 5.88 Å². The van der Waals surface area contributed by atoms with Crippen molar-refractivity contribution in [2.24, 2.45) is 0 Å². The lowest BCUT2D eigenvalue weighted by Crippen LogP contribution is -1.99. The highest BCUT2D eigenvalue weighted by molar-refractivity contribution is 6.17. The van der Waals surface area contributed by atoms with Gasteiger partial charge in [0.25, 0.3) is 0 Å². The first-order valence-electron chi connectivity index (χ1n) is 2.88. The summed E-state index contributed by atoms with van der Waals surface area (Å²) in [5.74, 6) is 0.744. The molecule has 0 aliphatic heterocycles. The van der Waals surface area contributed by atoms with Crippen molar-refractivity contribution in [2.45, 2.75) is 12.8 Å². The first-order valence-corrected chi connectivity index (χ1v) is 3.41. The van der Waals surface area contributed by atoms with E-state index in [9.17, 15) is 0 Å². The summed E-state index contributed by atoms with van der Waals surface area (Å²) in [5, 5.41) is 0. The van der Waals surface area contributed by atoms with Gasteiger partial charge in [-0.2, -0.15) is 0 Å². The minimum absolute atomic E-state index is 0.319. The molecule has 2 N–H and O–H groups in total. The number of hydrogen-bond donors (Lipinski definition) is 1. The van der Waals surface area contributed by atoms with Crippen LogP contribution in [-0.4, -0.2) is 9.97 Å². The van der Waals surface area contributed by atoms with E-state index in [4.69, 9.17) is 17.3 Å². The van der Waals surface area contributed by atoms with Gasteiger partial charge in [0.15, 0.2) is 0 Å². The number of rotatable bonds is 1. The van der Waals surface area contributed by atoms with Crippen molar-refractivity contribution in [2.75, 3.05) is 5.73 Å². The molecule has 0 amide bonds. The van der Waals surface area contributed by atoms with Crippen LogP contribution in [0.25, 0.3) is 0 Å². The van der Waals surface area contributed by atoms with Crippen LogP contribution in [0.3, 0.4) is 0 Å². The molecule has 0 aliphatic rings. The number of aryl methyl sites for hydroxylation is 1. The normalized spacial score (nSPS) is 9.80. The van der Waals surface area contributed by atoms with Gasteiger partial charge in [-0.25, -0.2) is 4.98 Å². The lowest BCUT2D eigenvalue weighted by molar-refractivity contribution is 1.06. The molecule has 3 nitrogen and oxygen atoms in total. The SMILES string of the molecule is Cc1cnc(CCl)c(N)n1. The average molecular weight is 158 g/mol. The topological polar surface area (TPSA) is 51.8 Å². The summed E-state index contributed by atoms with van der Waals surface area (Å²) >= 11 is 5.50. The minimum Gasteiger partial charge on any atom is -0.382 e. The fraction of sp³-hybridized carbons (Fsp3) is 0.333. The lowest BCUT2D eigenvalue weighted by Gasteiger charge is -1.98. The Hall–Kier alpha value is -0.830. The molecule has 10 heavy (non-hydrogen) atoms. The molecule has 1 rings (SSSR count). The Labute approximate surface area is 64.2 Å². The van der Waals surface area contributed by atoms with Crippen LogP contribution >= 0.6 is 11.6 Å². The van der Waals surface area contributed by atoms with E-state index in [-0.39, 0.29) is 0 Å². The van der Waals surface area contributed by atoms with Crippen LogP contribution < -0.4 is 5.73 Å². The summed E-state index contributed by atoms with van der Waals surface area (Å²) in [5.41, 5.74) is 6.93. The van der Waals surface area contributed by atoms with E-state index in [1.807, 2.05) is 6.92 Å². The second-order valence-corrected chi connectivity index (χ2v) is 2.24. The third-order valence-corrected chi connectivity index (χ3v) is 1.38. The van der Waals surface area contributed by atoms with E-state index in [0.717, 1.165) is 5.69 Å². The summed E-state index contributed by atoms with van der Waals surface area (Å²) in [6.45, 7) is 1.83. The maximum atomic E-state index is 5.50. The maximum absolute atomic E-state index is 5.50. The zero-order valence-corrected chi connectivity index (χ0v) is 6.39. The monoisotopic (exact) mass is 157 g/mol. The van der Waals surface area contributed by atoms with E-state index >= 15 is 0 Å². The Bertz CT molecular complexity index is 236. The van der Waals surface area contributed by atoms with Gasteiger partial charge in [0.1, 0.15) is 5.82 Å². The van der Waals surface area contributed by atoms with Crippen LogP contribution in [0.1, 0.15) is 11.4 Å². The molecular formula is C6H8ClN3. The molecule has 0 bridgehead atoms. The number of nitrogens with two attached hydrogens (primary N) is 1. The lowest BCUT2D eigenvalue weighted by atomic mass is 10.4. The second kappa shape index (κ2) is 2.84. The third-order valence-electron chi connectivity index (χ3n) is 1.13. The van der Waals surface area contributed by atoms with Crippen molar-refractivity contribution in [3.8, 4) is 0 Å². The highest BCUT2D eigenvalue weighted by Gasteiger charge is 1.98. The van der Waals surface area contributed by atoms with Gasteiger partial charge in [-0.05, 0) is 6.92 Å². The van der Waals surface area contributed by atoms with E-state index < -0.39 is 0 Å². The zero-order valence-electron chi connectivity index (χ0n) is 5.63. The Morgan fingerprint density at radius 1 is 1.70 bits per heavy atom. The van der Waals surface area contributed by atoms with Gasteiger partial charge < -0.3 is 5.73 Å². The Kier molecular flexibility index (Phi) is 2.06. The molecule has 0 spiro atoms. The van der Waals surface area contributed by atoms with E-state index in [1.54, 1.807) is 6.20 Å². The van der Waals surface area contributed by atoms with Crippen LogP contribution in [0.4, 0.5) is 5.82 Å². The first-order chi connectivity index (χ1) is 4.74. The molecule has 0 aromatic carbocycles. The summed E-state index contributed by atoms with van der Waals surface area (Å²) in [4.78, 5) is 7.95. The smallest absolute Gasteiger partial charge is 0.146 e. The number of anilines is 1. The van der Waals surface area contributed by atoms with Gasteiger partial charge in [0.05, 0.1) is 17.3 Å². The number of nitrogens with zero attached hydrogens (tertiary/aromatic N) is 2. The number of aromatic nitrogens is 2. The predicted octanol–water partition coefficient (Wildman–Crippen LogP) is 1.11. The van der Waals surface area contributed by atoms with Crippen molar-refractivity contribution in [1.29, 1.82) is 0 Å². The van der Waals surface area contributed by atoms with Gasteiger partial charge in [-0.15, -0.1) is 11.6 Å². The molecule has 0 atom stereocenters. The molecule has 0 saturated carbocycles. The zero-order chi connectivity index (χ0) is 7.56. The van der Waals surface area contributed by atoms with Crippen molar-refractivity contribution >= 4 is 17.4 Å². The maximum Gasteiger partial charge on any atom is 0.146 e. The third kappa shape index (κ3) is 1.36. The molecule has 0 saturated heterocycles. The molecule has 4 heteroatoms. The number of nitrogen functional groups attached to an aromatic ring is 1. The molecule has 1 heterocycles. The summed E-state index contributed by atoms with van der Waals surface area (Å²) in [7, 11) is 0. The number of alkyl halides is 1. The molecular weight excluding hydrogens is 150 g/mol. The van der Waals surface area contributed by atoms with E-state index in [0.29, 0.717) is 17.4 Å². The Balaban J connectivity index is 3.07. The van der Waals surface area contributed by atoms with E-state index in [2.05, 4.69) is 9.97 Å². The Morgan fingerprint density at radius 2 is 2.40 bits per heavy atom. The summed E-state index contributed by atoms with van der Waals surface area (Å²) in [6.07, 6.45) is 1.65. The molecule has 1 aromatic rings. The van der Waals surface area contributed by atoms with Crippen LogP contribution in [0.2, 0.25) is 0 Å². The standard InChI is InChI=1S/C6H8ClN3/c1-4-3-9-5(2-7)6(8)10-4/h3H,2H2,1H3,(H2,8,10). The van der Waals surface area contributed by atoms with Crippen LogP contribution in [0.5, 0.6) is 0 Å². The fourth-order valence-electron chi connectivity index (χ4n) is 0.624. The van der Waals surface area contributed by atoms with Gasteiger partial charge >= 0.3 is 0 Å². The largest absolute Gasteiger partial charge is 0.382 e. The molecule has 0 radical (unpaired) electrons. The molecule has 1 aromatic heterocycles. The molecule has 0 fully saturated rings. The van der Waals surface area contributed by atoms with Crippen molar-refractivity contribution in [3.63, 3.8) is 0 Å². The molecule has 0 unspecified atom stereocenters. The minimum atomic E-state index is 0.319. The van der Waals surface area contributed by atoms with Gasteiger partial charge in [-0.3, -0.25) is 4.98 Å². The highest BCUT2D eigenvalue weighted by Crippen LogP contribution is 2.07. The molecule has 0 aliphatic carbocycles. The van der Waals surface area contributed by atoms with Crippen molar-refractivity contribution in [3.05, 3.63) is 17.6 Å². The summed E-state index contributed by atoms with van der Waals surface area (Å²) < 4.78 is 0. The average Bonchev–Trinajstić information content (AvgIpc) is 1.88. The molecule has 54 valence electrons. The summed E-state index contributed by atoms with van der Waals surface area (Å²) in [6, 6.07) is 0. The van der Waals surface area contributed by atoms with Crippen LogP contribution in [0, 0.1) is 6.92 Å². The van der Waals surface area contributed by atoms with Crippen LogP contribution in [0.15, 0.2) is 6.20 Å². The second-order valence-electron chi connectivity index (χ2n) is 1.98. The van der Waals surface area contributed by atoms with Gasteiger partial charge in [0.2, 0.25) is 0 Å². The predicted molar refractivity (Wildman–Crippen MR) is 40.7 cm³/mol.